The third-order valence-electron chi connectivity index (χ3n) is 5.25. The molecule has 0 aliphatic carbocycles. The fourth-order valence-corrected chi connectivity index (χ4v) is 4.02. The van der Waals surface area contributed by atoms with E-state index in [1.807, 2.05) is 0 Å². The van der Waals surface area contributed by atoms with Gasteiger partial charge in [-0.3, -0.25) is 14.4 Å². The second kappa shape index (κ2) is 10.5. The monoisotopic (exact) mass is 545 g/mol. The summed E-state index contributed by atoms with van der Waals surface area (Å²) in [7, 11) is 3.01. The van der Waals surface area contributed by atoms with Crippen LogP contribution in [0.5, 0.6) is 11.5 Å². The lowest BCUT2D eigenvalue weighted by Gasteiger charge is -2.17. The van der Waals surface area contributed by atoms with Crippen LogP contribution in [0.25, 0.3) is 0 Å². The molecule has 0 unspecified atom stereocenters. The van der Waals surface area contributed by atoms with Crippen molar-refractivity contribution < 1.29 is 23.9 Å². The van der Waals surface area contributed by atoms with E-state index in [0.717, 1.165) is 4.90 Å². The van der Waals surface area contributed by atoms with Gasteiger partial charge in [-0.2, -0.15) is 0 Å². The number of hydrogen-bond donors (Lipinski definition) is 2. The molecule has 1 aliphatic heterocycles. The Bertz CT molecular complexity index is 1410. The molecule has 0 fully saturated rings. The fraction of sp³-hybridized carbons (Fsp3) is 0.0800. The zero-order chi connectivity index (χ0) is 26.0. The lowest BCUT2D eigenvalue weighted by Crippen LogP contribution is -2.32. The summed E-state index contributed by atoms with van der Waals surface area (Å²) < 4.78 is 10.5. The first kappa shape index (κ1) is 25.4. The van der Waals surface area contributed by atoms with Gasteiger partial charge in [0.15, 0.2) is 0 Å². The van der Waals surface area contributed by atoms with Crippen molar-refractivity contribution in [2.24, 2.45) is 0 Å². The van der Waals surface area contributed by atoms with Crippen molar-refractivity contribution in [3.63, 3.8) is 0 Å². The van der Waals surface area contributed by atoms with Gasteiger partial charge in [0, 0.05) is 22.3 Å². The van der Waals surface area contributed by atoms with Gasteiger partial charge < -0.3 is 20.1 Å². The van der Waals surface area contributed by atoms with Crippen LogP contribution in [-0.2, 0) is 9.59 Å². The lowest BCUT2D eigenvalue weighted by molar-refractivity contribution is -0.120. The normalized spacial score (nSPS) is 13.2. The number of amides is 3. The number of nitrogens with one attached hydrogen (secondary N) is 2. The summed E-state index contributed by atoms with van der Waals surface area (Å²) in [4.78, 5) is 39.3. The average molecular weight is 547 g/mol. The molecule has 0 aromatic heterocycles. The predicted molar refractivity (Wildman–Crippen MR) is 139 cm³/mol. The summed E-state index contributed by atoms with van der Waals surface area (Å²) in [6, 6.07) is 15.7. The highest BCUT2D eigenvalue weighted by atomic mass is 35.5. The molecule has 0 bridgehead atoms. The van der Waals surface area contributed by atoms with Gasteiger partial charge in [0.05, 0.1) is 30.6 Å². The second-order valence-electron chi connectivity index (χ2n) is 7.45. The molecule has 4 rings (SSSR count). The van der Waals surface area contributed by atoms with Crippen LogP contribution in [0.4, 0.5) is 17.1 Å². The summed E-state index contributed by atoms with van der Waals surface area (Å²) in [6.07, 6.45) is 0. The molecule has 0 saturated carbocycles. The van der Waals surface area contributed by atoms with Crippen LogP contribution >= 0.6 is 34.8 Å². The van der Waals surface area contributed by atoms with E-state index in [2.05, 4.69) is 10.6 Å². The number of methoxy groups -OCH3 is 2. The maximum atomic E-state index is 13.0. The van der Waals surface area contributed by atoms with Gasteiger partial charge >= 0.3 is 0 Å². The lowest BCUT2D eigenvalue weighted by atomic mass is 10.1. The van der Waals surface area contributed by atoms with Crippen LogP contribution in [0.2, 0.25) is 10.0 Å². The van der Waals surface area contributed by atoms with E-state index in [9.17, 15) is 14.4 Å². The van der Waals surface area contributed by atoms with Crippen molar-refractivity contribution in [3.05, 3.63) is 87.0 Å². The largest absolute Gasteiger partial charge is 0.497 e. The molecule has 0 spiro atoms. The summed E-state index contributed by atoms with van der Waals surface area (Å²) in [5.41, 5.74) is 1.20. The highest BCUT2D eigenvalue weighted by Gasteiger charge is 2.40. The minimum Gasteiger partial charge on any atom is -0.497 e. The Balaban J connectivity index is 1.51. The number of halogens is 3. The third-order valence-corrected chi connectivity index (χ3v) is 6.15. The van der Waals surface area contributed by atoms with E-state index in [-0.39, 0.29) is 27.3 Å². The highest BCUT2D eigenvalue weighted by Crippen LogP contribution is 2.36. The molecular formula is C25H18Cl3N3O5. The van der Waals surface area contributed by atoms with Crippen molar-refractivity contribution in [2.75, 3.05) is 29.8 Å². The molecule has 1 aliphatic rings. The van der Waals surface area contributed by atoms with E-state index in [1.165, 1.54) is 32.4 Å². The zero-order valence-corrected chi connectivity index (χ0v) is 21.2. The van der Waals surface area contributed by atoms with Gasteiger partial charge in [0.1, 0.15) is 22.2 Å². The van der Waals surface area contributed by atoms with E-state index in [1.54, 1.807) is 42.5 Å². The molecule has 3 aromatic rings. The summed E-state index contributed by atoms with van der Waals surface area (Å²) >= 11 is 18.3. The summed E-state index contributed by atoms with van der Waals surface area (Å²) in [5, 5.41) is 5.78. The Kier molecular flexibility index (Phi) is 7.40. The fourth-order valence-electron chi connectivity index (χ4n) is 3.44. The van der Waals surface area contributed by atoms with E-state index < -0.39 is 11.8 Å². The number of carbonyl (C=O) groups excluding carboxylic acids is 3. The number of rotatable bonds is 7. The zero-order valence-electron chi connectivity index (χ0n) is 18.9. The smallest absolute Gasteiger partial charge is 0.283 e. The van der Waals surface area contributed by atoms with Crippen LogP contribution < -0.4 is 25.0 Å². The second-order valence-corrected chi connectivity index (χ2v) is 8.67. The van der Waals surface area contributed by atoms with Crippen molar-refractivity contribution >= 4 is 69.6 Å². The van der Waals surface area contributed by atoms with Gasteiger partial charge in [-0.05, 0) is 54.6 Å². The van der Waals surface area contributed by atoms with Gasteiger partial charge in [0.2, 0.25) is 0 Å². The molecule has 1 heterocycles. The molecule has 8 nitrogen and oxygen atoms in total. The number of nitrogens with zero attached hydrogens (tertiary/aromatic N) is 1. The Labute approximate surface area is 221 Å². The molecule has 0 saturated heterocycles. The topological polar surface area (TPSA) is 97.0 Å². The molecule has 0 radical (unpaired) electrons. The number of carbonyl (C=O) groups is 3. The van der Waals surface area contributed by atoms with Crippen LogP contribution in [0, 0.1) is 0 Å². The van der Waals surface area contributed by atoms with Crippen molar-refractivity contribution in [2.45, 2.75) is 0 Å². The average Bonchev–Trinajstić information content (AvgIpc) is 3.08. The molecule has 184 valence electrons. The van der Waals surface area contributed by atoms with E-state index >= 15 is 0 Å². The molecular weight excluding hydrogens is 529 g/mol. The maximum Gasteiger partial charge on any atom is 0.283 e. The first-order valence-electron chi connectivity index (χ1n) is 10.4. The molecule has 3 aromatic carbocycles. The quantitative estimate of drug-likeness (QED) is 0.369. The molecule has 0 atom stereocenters. The first-order chi connectivity index (χ1) is 17.2. The van der Waals surface area contributed by atoms with Gasteiger partial charge in [-0.15, -0.1) is 0 Å². The van der Waals surface area contributed by atoms with Crippen LogP contribution in [-0.4, -0.2) is 31.9 Å². The number of imide groups is 1. The Hall–Kier alpha value is -3.72. The Morgan fingerprint density at radius 1 is 0.861 bits per heavy atom. The van der Waals surface area contributed by atoms with Crippen LogP contribution in [0.15, 0.2) is 71.4 Å². The summed E-state index contributed by atoms with van der Waals surface area (Å²) in [6.45, 7) is 0. The minimum atomic E-state index is -0.739. The van der Waals surface area contributed by atoms with E-state index in [0.29, 0.717) is 33.5 Å². The predicted octanol–water partition coefficient (Wildman–Crippen LogP) is 5.70. The van der Waals surface area contributed by atoms with Crippen molar-refractivity contribution in [1.29, 1.82) is 0 Å². The molecule has 2 N–H and O–H groups in total. The number of hydrogen-bond acceptors (Lipinski definition) is 6. The van der Waals surface area contributed by atoms with Crippen LogP contribution in [0.3, 0.4) is 0 Å². The van der Waals surface area contributed by atoms with Gasteiger partial charge in [0.25, 0.3) is 17.7 Å². The van der Waals surface area contributed by atoms with Crippen molar-refractivity contribution in [1.82, 2.24) is 0 Å². The van der Waals surface area contributed by atoms with Gasteiger partial charge in [-0.25, -0.2) is 4.90 Å². The Morgan fingerprint density at radius 2 is 1.58 bits per heavy atom. The number of anilines is 3. The van der Waals surface area contributed by atoms with E-state index in [4.69, 9.17) is 44.3 Å². The van der Waals surface area contributed by atoms with Crippen molar-refractivity contribution in [3.8, 4) is 11.5 Å². The molecule has 11 heteroatoms. The van der Waals surface area contributed by atoms with Gasteiger partial charge in [-0.1, -0.05) is 34.8 Å². The first-order valence-corrected chi connectivity index (χ1v) is 11.5. The molecule has 36 heavy (non-hydrogen) atoms. The standard InChI is InChI=1S/C25H18Cl3N3O5/c1-35-16-8-10-20(36-2)18(12-16)30-23(32)13-3-6-15(7-4-13)29-22-21(28)24(33)31(25(22)34)19-11-14(26)5-9-17(19)27/h3-12,29H,1-2H3,(H,30,32). The highest BCUT2D eigenvalue weighted by molar-refractivity contribution is 6.54. The van der Waals surface area contributed by atoms with Crippen LogP contribution in [0.1, 0.15) is 10.4 Å². The maximum absolute atomic E-state index is 13.0. The number of ether oxygens (including phenoxy) is 2. The third kappa shape index (κ3) is 4.97. The summed E-state index contributed by atoms with van der Waals surface area (Å²) in [5.74, 6) is -0.797. The Morgan fingerprint density at radius 3 is 2.25 bits per heavy atom. The SMILES string of the molecule is COc1ccc(OC)c(NC(=O)c2ccc(NC3=C(Cl)C(=O)N(c4cc(Cl)ccc4Cl)C3=O)cc2)c1. The molecule has 3 amide bonds. The minimum absolute atomic E-state index is 0.120. The number of benzene rings is 3.